The maximum atomic E-state index is 11.5. The van der Waals surface area contributed by atoms with E-state index in [-0.39, 0.29) is 5.78 Å². The summed E-state index contributed by atoms with van der Waals surface area (Å²) in [4.78, 5) is 11.5. The van der Waals surface area contributed by atoms with Gasteiger partial charge in [-0.3, -0.25) is 4.79 Å². The van der Waals surface area contributed by atoms with Crippen molar-refractivity contribution in [3.8, 4) is 0 Å². The van der Waals surface area contributed by atoms with Gasteiger partial charge in [0.1, 0.15) is 0 Å². The second-order valence-corrected chi connectivity index (χ2v) is 4.20. The molecular formula is C11H14OS. The SMILES string of the molecule is CCSCC(=O)c1ccc(C)cc1. The van der Waals surface area contributed by atoms with E-state index in [2.05, 4.69) is 6.92 Å². The third-order valence-electron chi connectivity index (χ3n) is 1.81. The molecule has 0 fully saturated rings. The molecule has 13 heavy (non-hydrogen) atoms. The molecule has 1 rings (SSSR count). The quantitative estimate of drug-likeness (QED) is 0.685. The number of thioether (sulfide) groups is 1. The number of rotatable bonds is 4. The van der Waals surface area contributed by atoms with Crippen LogP contribution in [-0.4, -0.2) is 17.3 Å². The molecule has 0 atom stereocenters. The molecule has 70 valence electrons. The summed E-state index contributed by atoms with van der Waals surface area (Å²) in [6, 6.07) is 7.75. The molecule has 0 radical (unpaired) electrons. The van der Waals surface area contributed by atoms with Crippen LogP contribution in [0.2, 0.25) is 0 Å². The summed E-state index contributed by atoms with van der Waals surface area (Å²) in [6.07, 6.45) is 0. The van der Waals surface area contributed by atoms with E-state index in [1.807, 2.05) is 31.2 Å². The fourth-order valence-electron chi connectivity index (χ4n) is 1.02. The minimum atomic E-state index is 0.229. The molecule has 0 saturated heterocycles. The van der Waals surface area contributed by atoms with Gasteiger partial charge >= 0.3 is 0 Å². The predicted octanol–water partition coefficient (Wildman–Crippen LogP) is 2.93. The molecule has 0 spiro atoms. The van der Waals surface area contributed by atoms with Crippen LogP contribution < -0.4 is 0 Å². The lowest BCUT2D eigenvalue weighted by molar-refractivity contribution is 0.102. The van der Waals surface area contributed by atoms with Gasteiger partial charge in [-0.25, -0.2) is 0 Å². The van der Waals surface area contributed by atoms with E-state index >= 15 is 0 Å². The molecule has 0 aliphatic rings. The van der Waals surface area contributed by atoms with E-state index in [4.69, 9.17) is 0 Å². The Kier molecular flexibility index (Phi) is 4.03. The topological polar surface area (TPSA) is 17.1 Å². The molecule has 0 aromatic heterocycles. The van der Waals surface area contributed by atoms with Crippen molar-refractivity contribution in [1.29, 1.82) is 0 Å². The summed E-state index contributed by atoms with van der Waals surface area (Å²) >= 11 is 1.67. The summed E-state index contributed by atoms with van der Waals surface area (Å²) in [5, 5.41) is 0. The molecule has 1 nitrogen and oxygen atoms in total. The Bertz CT molecular complexity index is 277. The molecule has 0 N–H and O–H groups in total. The highest BCUT2D eigenvalue weighted by Crippen LogP contribution is 2.08. The van der Waals surface area contributed by atoms with Crippen LogP contribution in [0.4, 0.5) is 0 Å². The average Bonchev–Trinajstić information content (AvgIpc) is 2.15. The molecule has 2 heteroatoms. The Hall–Kier alpha value is -0.760. The maximum Gasteiger partial charge on any atom is 0.172 e. The molecule has 0 aliphatic heterocycles. The van der Waals surface area contributed by atoms with Crippen LogP contribution in [0.5, 0.6) is 0 Å². The molecule has 0 saturated carbocycles. The number of ketones is 1. The van der Waals surface area contributed by atoms with Gasteiger partial charge in [0, 0.05) is 5.56 Å². The number of carbonyl (C=O) groups is 1. The number of Topliss-reactive ketones (excluding diaryl/α,β-unsaturated/α-hetero) is 1. The van der Waals surface area contributed by atoms with Gasteiger partial charge < -0.3 is 0 Å². The lowest BCUT2D eigenvalue weighted by atomic mass is 10.1. The first-order chi connectivity index (χ1) is 6.24. The van der Waals surface area contributed by atoms with Gasteiger partial charge in [0.2, 0.25) is 0 Å². The molecule has 1 aromatic rings. The highest BCUT2D eigenvalue weighted by molar-refractivity contribution is 7.99. The monoisotopic (exact) mass is 194 g/mol. The average molecular weight is 194 g/mol. The lowest BCUT2D eigenvalue weighted by Crippen LogP contribution is -2.02. The van der Waals surface area contributed by atoms with E-state index in [1.54, 1.807) is 11.8 Å². The number of hydrogen-bond acceptors (Lipinski definition) is 2. The third-order valence-corrected chi connectivity index (χ3v) is 2.69. The van der Waals surface area contributed by atoms with Gasteiger partial charge in [-0.15, -0.1) is 0 Å². The largest absolute Gasteiger partial charge is 0.293 e. The first-order valence-electron chi connectivity index (χ1n) is 4.41. The van der Waals surface area contributed by atoms with Crippen LogP contribution in [0, 0.1) is 6.92 Å². The second-order valence-electron chi connectivity index (χ2n) is 2.93. The van der Waals surface area contributed by atoms with Crippen molar-refractivity contribution in [2.75, 3.05) is 11.5 Å². The van der Waals surface area contributed by atoms with Gasteiger partial charge in [0.05, 0.1) is 5.75 Å². The highest BCUT2D eigenvalue weighted by Gasteiger charge is 2.03. The molecule has 0 unspecified atom stereocenters. The first-order valence-corrected chi connectivity index (χ1v) is 5.57. The Morgan fingerprint density at radius 1 is 1.31 bits per heavy atom. The summed E-state index contributed by atoms with van der Waals surface area (Å²) in [6.45, 7) is 4.09. The summed E-state index contributed by atoms with van der Waals surface area (Å²) < 4.78 is 0. The maximum absolute atomic E-state index is 11.5. The Labute approximate surface area is 83.5 Å². The standard InChI is InChI=1S/C11H14OS/c1-3-13-8-11(12)10-6-4-9(2)5-7-10/h4-7H,3,8H2,1-2H3. The molecule has 0 bridgehead atoms. The number of benzene rings is 1. The minimum Gasteiger partial charge on any atom is -0.293 e. The van der Waals surface area contributed by atoms with E-state index in [1.165, 1.54) is 5.56 Å². The van der Waals surface area contributed by atoms with Gasteiger partial charge in [0.15, 0.2) is 5.78 Å². The Balaban J connectivity index is 2.61. The van der Waals surface area contributed by atoms with Gasteiger partial charge in [-0.1, -0.05) is 36.8 Å². The van der Waals surface area contributed by atoms with Crippen LogP contribution in [0.25, 0.3) is 0 Å². The second kappa shape index (κ2) is 5.07. The van der Waals surface area contributed by atoms with E-state index in [0.717, 1.165) is 11.3 Å². The van der Waals surface area contributed by atoms with Crippen molar-refractivity contribution < 1.29 is 4.79 Å². The van der Waals surface area contributed by atoms with E-state index < -0.39 is 0 Å². The van der Waals surface area contributed by atoms with Gasteiger partial charge in [-0.2, -0.15) is 11.8 Å². The summed E-state index contributed by atoms with van der Waals surface area (Å²) in [5.74, 6) is 1.82. The molecule has 0 heterocycles. The van der Waals surface area contributed by atoms with Crippen molar-refractivity contribution in [3.05, 3.63) is 35.4 Å². The normalized spacial score (nSPS) is 10.0. The van der Waals surface area contributed by atoms with Crippen LogP contribution >= 0.6 is 11.8 Å². The zero-order valence-electron chi connectivity index (χ0n) is 8.04. The van der Waals surface area contributed by atoms with E-state index in [9.17, 15) is 4.79 Å². The summed E-state index contributed by atoms with van der Waals surface area (Å²) in [7, 11) is 0. The summed E-state index contributed by atoms with van der Waals surface area (Å²) in [5.41, 5.74) is 2.02. The zero-order chi connectivity index (χ0) is 9.68. The van der Waals surface area contributed by atoms with Gasteiger partial charge in [-0.05, 0) is 12.7 Å². The zero-order valence-corrected chi connectivity index (χ0v) is 8.86. The smallest absolute Gasteiger partial charge is 0.172 e. The fourth-order valence-corrected chi connectivity index (χ4v) is 1.57. The number of aryl methyl sites for hydroxylation is 1. The van der Waals surface area contributed by atoms with Crippen molar-refractivity contribution in [1.82, 2.24) is 0 Å². The minimum absolute atomic E-state index is 0.229. The van der Waals surface area contributed by atoms with Crippen LogP contribution in [0.1, 0.15) is 22.8 Å². The van der Waals surface area contributed by atoms with E-state index in [0.29, 0.717) is 5.75 Å². The third kappa shape index (κ3) is 3.23. The molecule has 0 amide bonds. The van der Waals surface area contributed by atoms with Crippen molar-refractivity contribution in [3.63, 3.8) is 0 Å². The van der Waals surface area contributed by atoms with Crippen LogP contribution in [0.3, 0.4) is 0 Å². The van der Waals surface area contributed by atoms with Crippen molar-refractivity contribution in [2.24, 2.45) is 0 Å². The Morgan fingerprint density at radius 3 is 2.46 bits per heavy atom. The molecular weight excluding hydrogens is 180 g/mol. The van der Waals surface area contributed by atoms with Crippen LogP contribution in [-0.2, 0) is 0 Å². The number of carbonyl (C=O) groups excluding carboxylic acids is 1. The van der Waals surface area contributed by atoms with Gasteiger partial charge in [0.25, 0.3) is 0 Å². The van der Waals surface area contributed by atoms with Crippen molar-refractivity contribution >= 4 is 17.5 Å². The predicted molar refractivity (Wildman–Crippen MR) is 58.5 cm³/mol. The van der Waals surface area contributed by atoms with Crippen LogP contribution in [0.15, 0.2) is 24.3 Å². The first kappa shape index (κ1) is 10.3. The molecule has 0 aliphatic carbocycles. The lowest BCUT2D eigenvalue weighted by Gasteiger charge is -1.99. The highest BCUT2D eigenvalue weighted by atomic mass is 32.2. The van der Waals surface area contributed by atoms with Crippen molar-refractivity contribution in [2.45, 2.75) is 13.8 Å². The Morgan fingerprint density at radius 2 is 1.92 bits per heavy atom. The number of hydrogen-bond donors (Lipinski definition) is 0. The molecule has 1 aromatic carbocycles. The fraction of sp³-hybridized carbons (Fsp3) is 0.364.